The number of anilines is 1. The van der Waals surface area contributed by atoms with Gasteiger partial charge in [0.25, 0.3) is 0 Å². The molecular weight excluding hydrogens is 242 g/mol. The molecule has 1 aromatic rings. The number of piperidine rings is 1. The quantitative estimate of drug-likeness (QED) is 0.802. The van der Waals surface area contributed by atoms with Gasteiger partial charge in [-0.1, -0.05) is 24.6 Å². The second-order valence-corrected chi connectivity index (χ2v) is 5.38. The minimum atomic E-state index is 0.532. The number of hydrazine groups is 1. The number of nitrogens with zero attached hydrogens (tertiary/aromatic N) is 1. The molecule has 2 N–H and O–H groups in total. The van der Waals surface area contributed by atoms with Gasteiger partial charge in [0.2, 0.25) is 0 Å². The fraction of sp³-hybridized carbons (Fsp3) is 0.500. The van der Waals surface area contributed by atoms with E-state index in [-0.39, 0.29) is 0 Å². The van der Waals surface area contributed by atoms with Crippen molar-refractivity contribution in [2.45, 2.75) is 45.2 Å². The van der Waals surface area contributed by atoms with E-state index in [9.17, 15) is 0 Å². The zero-order chi connectivity index (χ0) is 13.0. The third-order valence-corrected chi connectivity index (χ3v) is 3.65. The van der Waals surface area contributed by atoms with E-state index in [2.05, 4.69) is 29.6 Å². The Morgan fingerprint density at radius 1 is 1.17 bits per heavy atom. The van der Waals surface area contributed by atoms with E-state index < -0.39 is 0 Å². The summed E-state index contributed by atoms with van der Waals surface area (Å²) in [4.78, 5) is 0. The molecule has 1 aliphatic heterocycles. The monoisotopic (exact) mass is 263 g/mol. The lowest BCUT2D eigenvalue weighted by Crippen LogP contribution is -2.55. The van der Waals surface area contributed by atoms with Crippen molar-refractivity contribution in [2.75, 3.05) is 5.32 Å². The highest BCUT2D eigenvalue weighted by molar-refractivity contribution is 7.80. The van der Waals surface area contributed by atoms with Gasteiger partial charge < -0.3 is 5.32 Å². The van der Waals surface area contributed by atoms with E-state index in [0.717, 1.165) is 5.69 Å². The first-order valence-corrected chi connectivity index (χ1v) is 6.98. The van der Waals surface area contributed by atoms with E-state index in [1.165, 1.54) is 19.3 Å². The van der Waals surface area contributed by atoms with Crippen molar-refractivity contribution in [2.24, 2.45) is 0 Å². The zero-order valence-electron chi connectivity index (χ0n) is 11.0. The van der Waals surface area contributed by atoms with Gasteiger partial charge in [-0.2, -0.15) is 0 Å². The van der Waals surface area contributed by atoms with E-state index >= 15 is 0 Å². The van der Waals surface area contributed by atoms with Crippen LogP contribution in [0.3, 0.4) is 0 Å². The molecule has 1 aromatic carbocycles. The van der Waals surface area contributed by atoms with Crippen LogP contribution in [0.15, 0.2) is 30.3 Å². The molecule has 98 valence electrons. The van der Waals surface area contributed by atoms with Crippen LogP contribution in [-0.2, 0) is 0 Å². The minimum absolute atomic E-state index is 0.532. The van der Waals surface area contributed by atoms with Gasteiger partial charge in [0.15, 0.2) is 5.11 Å². The maximum Gasteiger partial charge on any atom is 0.185 e. The average Bonchev–Trinajstić information content (AvgIpc) is 2.35. The standard InChI is InChI=1S/C14H21N3S/c1-11-7-6-8-12(2)17(11)16-14(18)15-13-9-4-3-5-10-13/h3-5,9-12H,6-8H2,1-2H3,(H2,15,16,18)/t11-,12+. The Kier molecular flexibility index (Phi) is 4.55. The molecule has 0 aliphatic carbocycles. The molecule has 1 aliphatic rings. The van der Waals surface area contributed by atoms with Gasteiger partial charge >= 0.3 is 0 Å². The average molecular weight is 263 g/mol. The molecular formula is C14H21N3S. The minimum Gasteiger partial charge on any atom is -0.332 e. The van der Waals surface area contributed by atoms with Crippen LogP contribution in [0.4, 0.5) is 5.69 Å². The molecule has 0 amide bonds. The highest BCUT2D eigenvalue weighted by Crippen LogP contribution is 2.20. The predicted molar refractivity (Wildman–Crippen MR) is 80.4 cm³/mol. The van der Waals surface area contributed by atoms with Crippen molar-refractivity contribution in [3.8, 4) is 0 Å². The van der Waals surface area contributed by atoms with Crippen LogP contribution in [0, 0.1) is 0 Å². The van der Waals surface area contributed by atoms with E-state index in [4.69, 9.17) is 12.2 Å². The Morgan fingerprint density at radius 3 is 2.39 bits per heavy atom. The van der Waals surface area contributed by atoms with Gasteiger partial charge in [0, 0.05) is 17.8 Å². The third-order valence-electron chi connectivity index (χ3n) is 3.46. The number of benzene rings is 1. The smallest absolute Gasteiger partial charge is 0.185 e. The first-order valence-electron chi connectivity index (χ1n) is 6.58. The molecule has 2 atom stereocenters. The summed E-state index contributed by atoms with van der Waals surface area (Å²) in [6, 6.07) is 11.1. The van der Waals surface area contributed by atoms with Gasteiger partial charge in [-0.25, -0.2) is 5.01 Å². The van der Waals surface area contributed by atoms with Crippen molar-refractivity contribution in [3.05, 3.63) is 30.3 Å². The van der Waals surface area contributed by atoms with Crippen LogP contribution in [0.1, 0.15) is 33.1 Å². The zero-order valence-corrected chi connectivity index (χ0v) is 11.8. The molecule has 1 saturated heterocycles. The molecule has 0 saturated carbocycles. The van der Waals surface area contributed by atoms with Crippen LogP contribution in [0.25, 0.3) is 0 Å². The fourth-order valence-corrected chi connectivity index (χ4v) is 2.66. The second kappa shape index (κ2) is 6.16. The first-order chi connectivity index (χ1) is 8.66. The summed E-state index contributed by atoms with van der Waals surface area (Å²) in [5.74, 6) is 0. The van der Waals surface area contributed by atoms with E-state index in [1.54, 1.807) is 0 Å². The van der Waals surface area contributed by atoms with Crippen molar-refractivity contribution >= 4 is 23.0 Å². The highest BCUT2D eigenvalue weighted by Gasteiger charge is 2.25. The number of hydrogen-bond donors (Lipinski definition) is 2. The van der Waals surface area contributed by atoms with Crippen LogP contribution < -0.4 is 10.7 Å². The van der Waals surface area contributed by atoms with Gasteiger partial charge in [-0.05, 0) is 51.0 Å². The largest absolute Gasteiger partial charge is 0.332 e. The number of nitrogens with one attached hydrogen (secondary N) is 2. The van der Waals surface area contributed by atoms with Gasteiger partial charge in [0.1, 0.15) is 0 Å². The van der Waals surface area contributed by atoms with E-state index in [1.807, 2.05) is 30.3 Å². The predicted octanol–water partition coefficient (Wildman–Crippen LogP) is 3.15. The molecule has 1 fully saturated rings. The summed E-state index contributed by atoms with van der Waals surface area (Å²) < 4.78 is 0. The third kappa shape index (κ3) is 3.43. The summed E-state index contributed by atoms with van der Waals surface area (Å²) in [5, 5.41) is 6.14. The summed E-state index contributed by atoms with van der Waals surface area (Å²) in [5.41, 5.74) is 4.34. The Morgan fingerprint density at radius 2 is 1.78 bits per heavy atom. The number of para-hydroxylation sites is 1. The fourth-order valence-electron chi connectivity index (χ4n) is 2.44. The molecule has 0 bridgehead atoms. The number of rotatable bonds is 2. The SMILES string of the molecule is C[C@@H]1CCC[C@H](C)N1NC(=S)Nc1ccccc1. The lowest BCUT2D eigenvalue weighted by Gasteiger charge is -2.39. The molecule has 1 heterocycles. The Hall–Kier alpha value is -1.13. The van der Waals surface area contributed by atoms with Crippen molar-refractivity contribution in [3.63, 3.8) is 0 Å². The summed E-state index contributed by atoms with van der Waals surface area (Å²) in [6.07, 6.45) is 3.76. The lowest BCUT2D eigenvalue weighted by atomic mass is 10.00. The Bertz CT molecular complexity index is 383. The molecule has 18 heavy (non-hydrogen) atoms. The summed E-state index contributed by atoms with van der Waals surface area (Å²) in [6.45, 7) is 4.49. The molecule has 4 heteroatoms. The maximum absolute atomic E-state index is 5.36. The lowest BCUT2D eigenvalue weighted by molar-refractivity contribution is 0.0750. The molecule has 2 rings (SSSR count). The van der Waals surface area contributed by atoms with Crippen molar-refractivity contribution in [1.82, 2.24) is 10.4 Å². The van der Waals surface area contributed by atoms with Crippen LogP contribution >= 0.6 is 12.2 Å². The van der Waals surface area contributed by atoms with Gasteiger partial charge in [-0.15, -0.1) is 0 Å². The number of hydrogen-bond acceptors (Lipinski definition) is 2. The maximum atomic E-state index is 5.36. The van der Waals surface area contributed by atoms with Crippen molar-refractivity contribution < 1.29 is 0 Å². The normalized spacial score (nSPS) is 24.6. The topological polar surface area (TPSA) is 27.3 Å². The van der Waals surface area contributed by atoms with Crippen LogP contribution in [0.2, 0.25) is 0 Å². The molecule has 0 unspecified atom stereocenters. The molecule has 0 aromatic heterocycles. The summed E-state index contributed by atoms with van der Waals surface area (Å²) >= 11 is 5.36. The molecule has 3 nitrogen and oxygen atoms in total. The molecule has 0 radical (unpaired) electrons. The van der Waals surface area contributed by atoms with Crippen LogP contribution in [0.5, 0.6) is 0 Å². The van der Waals surface area contributed by atoms with Crippen LogP contribution in [-0.4, -0.2) is 22.2 Å². The van der Waals surface area contributed by atoms with E-state index in [0.29, 0.717) is 17.2 Å². The molecule has 0 spiro atoms. The van der Waals surface area contributed by atoms with Gasteiger partial charge in [0.05, 0.1) is 0 Å². The second-order valence-electron chi connectivity index (χ2n) is 4.97. The van der Waals surface area contributed by atoms with Gasteiger partial charge in [-0.3, -0.25) is 5.43 Å². The highest BCUT2D eigenvalue weighted by atomic mass is 32.1. The number of thiocarbonyl (C=S) groups is 1. The summed E-state index contributed by atoms with van der Waals surface area (Å²) in [7, 11) is 0. The Labute approximate surface area is 115 Å². The van der Waals surface area contributed by atoms with Crippen molar-refractivity contribution in [1.29, 1.82) is 0 Å². The Balaban J connectivity index is 1.90. The first kappa shape index (κ1) is 13.3.